The predicted molar refractivity (Wildman–Crippen MR) is 108 cm³/mol. The molecule has 1 amide bonds. The highest BCUT2D eigenvalue weighted by Gasteiger charge is 2.13. The summed E-state index contributed by atoms with van der Waals surface area (Å²) < 4.78 is 5.54. The maximum Gasteiger partial charge on any atom is 0.417 e. The van der Waals surface area contributed by atoms with Crippen LogP contribution in [-0.2, 0) is 6.54 Å². The molecule has 0 spiro atoms. The summed E-state index contributed by atoms with van der Waals surface area (Å²) in [4.78, 5) is 18.8. The van der Waals surface area contributed by atoms with Gasteiger partial charge in [0.2, 0.25) is 0 Å². The van der Waals surface area contributed by atoms with Crippen LogP contribution in [0, 0.1) is 19.3 Å². The van der Waals surface area contributed by atoms with Gasteiger partial charge in [0.1, 0.15) is 5.52 Å². The Bertz CT molecular complexity index is 1010. The largest absolute Gasteiger partial charge is 0.417 e. The van der Waals surface area contributed by atoms with Crippen LogP contribution >= 0.6 is 0 Å². The highest BCUT2D eigenvalue weighted by Crippen LogP contribution is 2.28. The van der Waals surface area contributed by atoms with E-state index in [-0.39, 0.29) is 0 Å². The summed E-state index contributed by atoms with van der Waals surface area (Å²) in [5, 5.41) is 3.70. The predicted octanol–water partition coefficient (Wildman–Crippen LogP) is 4.22. The molecule has 0 atom stereocenters. The molecule has 5 nitrogen and oxygen atoms in total. The normalized spacial score (nSPS) is 10.6. The number of hydrogen-bond donors (Lipinski definition) is 1. The van der Waals surface area contributed by atoms with Gasteiger partial charge in [-0.25, -0.2) is 4.79 Å². The molecule has 136 valence electrons. The number of pyridine rings is 1. The van der Waals surface area contributed by atoms with Gasteiger partial charge >= 0.3 is 6.09 Å². The van der Waals surface area contributed by atoms with E-state index in [9.17, 15) is 4.79 Å². The van der Waals surface area contributed by atoms with Crippen LogP contribution in [0.2, 0.25) is 0 Å². The summed E-state index contributed by atoms with van der Waals surface area (Å²) in [5.41, 5.74) is 3.39. The monoisotopic (exact) mass is 359 g/mol. The van der Waals surface area contributed by atoms with Crippen LogP contribution in [0.4, 0.5) is 10.5 Å². The van der Waals surface area contributed by atoms with Crippen molar-refractivity contribution in [3.63, 3.8) is 0 Å². The number of nitrogens with one attached hydrogen (secondary N) is 1. The molecule has 0 fully saturated rings. The minimum absolute atomic E-state index is 0.417. The third kappa shape index (κ3) is 4.43. The molecule has 5 heteroatoms. The Hall–Kier alpha value is -3.36. The van der Waals surface area contributed by atoms with Crippen LogP contribution in [0.1, 0.15) is 11.1 Å². The van der Waals surface area contributed by atoms with Gasteiger partial charge in [0.15, 0.2) is 5.75 Å². The van der Waals surface area contributed by atoms with Crippen molar-refractivity contribution in [2.24, 2.45) is 0 Å². The zero-order chi connectivity index (χ0) is 19.2. The van der Waals surface area contributed by atoms with Crippen molar-refractivity contribution >= 4 is 22.7 Å². The molecule has 0 saturated heterocycles. The smallest absolute Gasteiger partial charge is 0.408 e. The maximum atomic E-state index is 12.3. The van der Waals surface area contributed by atoms with Crippen molar-refractivity contribution in [2.75, 3.05) is 18.9 Å². The number of amides is 1. The molecule has 0 bridgehead atoms. The van der Waals surface area contributed by atoms with Crippen LogP contribution in [-0.4, -0.2) is 29.6 Å². The van der Waals surface area contributed by atoms with E-state index in [0.717, 1.165) is 16.5 Å². The lowest BCUT2D eigenvalue weighted by atomic mass is 10.1. The summed E-state index contributed by atoms with van der Waals surface area (Å²) in [5.74, 6) is 3.05. The minimum atomic E-state index is -0.548. The number of hydrogen-bond acceptors (Lipinski definition) is 4. The fraction of sp³-hybridized carbons (Fsp3) is 0.182. The molecular formula is C22H21N3O2. The molecule has 3 rings (SSSR count). The Morgan fingerprint density at radius 1 is 1.22 bits per heavy atom. The van der Waals surface area contributed by atoms with E-state index < -0.39 is 6.09 Å². The van der Waals surface area contributed by atoms with Gasteiger partial charge in [-0.3, -0.25) is 15.2 Å². The number of carbonyl (C=O) groups is 1. The van der Waals surface area contributed by atoms with E-state index in [1.165, 1.54) is 0 Å². The SMILES string of the molecule is C#CCN(C)Cc1ccc(OC(=O)Nc2ccccc2C)c2ncccc12. The van der Waals surface area contributed by atoms with E-state index >= 15 is 0 Å². The third-order valence-electron chi connectivity index (χ3n) is 4.21. The van der Waals surface area contributed by atoms with Gasteiger partial charge in [0, 0.05) is 23.8 Å². The van der Waals surface area contributed by atoms with Gasteiger partial charge < -0.3 is 4.74 Å². The highest BCUT2D eigenvalue weighted by molar-refractivity contribution is 5.92. The molecule has 1 N–H and O–H groups in total. The molecule has 0 saturated carbocycles. The lowest BCUT2D eigenvalue weighted by Crippen LogP contribution is -2.19. The second-order valence-corrected chi connectivity index (χ2v) is 6.33. The first kappa shape index (κ1) is 18.4. The molecule has 27 heavy (non-hydrogen) atoms. The third-order valence-corrected chi connectivity index (χ3v) is 4.21. The maximum absolute atomic E-state index is 12.3. The van der Waals surface area contributed by atoms with Gasteiger partial charge in [0.25, 0.3) is 0 Å². The summed E-state index contributed by atoms with van der Waals surface area (Å²) in [6.45, 7) is 3.16. The summed E-state index contributed by atoms with van der Waals surface area (Å²) in [6.07, 6.45) is 6.52. The number of para-hydroxylation sites is 1. The van der Waals surface area contributed by atoms with Gasteiger partial charge in [-0.2, -0.15) is 0 Å². The number of anilines is 1. The average Bonchev–Trinajstić information content (AvgIpc) is 2.66. The standard InChI is InChI=1S/C22H21N3O2/c1-4-14-25(3)15-17-11-12-20(21-18(17)9-7-13-23-21)27-22(26)24-19-10-6-5-8-16(19)2/h1,5-13H,14-15H2,2-3H3,(H,24,26). The first-order valence-corrected chi connectivity index (χ1v) is 8.61. The number of aromatic nitrogens is 1. The van der Waals surface area contributed by atoms with Crippen LogP contribution in [0.25, 0.3) is 10.9 Å². The lowest BCUT2D eigenvalue weighted by molar-refractivity contribution is 0.215. The number of fused-ring (bicyclic) bond motifs is 1. The number of ether oxygens (including phenoxy) is 1. The van der Waals surface area contributed by atoms with Gasteiger partial charge in [0.05, 0.1) is 6.54 Å². The number of benzene rings is 2. The van der Waals surface area contributed by atoms with Gasteiger partial charge in [-0.15, -0.1) is 6.42 Å². The van der Waals surface area contributed by atoms with Crippen molar-refractivity contribution in [1.82, 2.24) is 9.88 Å². The molecule has 0 aliphatic rings. The van der Waals surface area contributed by atoms with E-state index in [0.29, 0.717) is 30.0 Å². The lowest BCUT2D eigenvalue weighted by Gasteiger charge is -2.16. The van der Waals surface area contributed by atoms with Crippen molar-refractivity contribution in [3.8, 4) is 18.1 Å². The fourth-order valence-electron chi connectivity index (χ4n) is 2.88. The second-order valence-electron chi connectivity index (χ2n) is 6.33. The molecule has 1 heterocycles. The molecular weight excluding hydrogens is 338 g/mol. The molecule has 0 aliphatic heterocycles. The number of rotatable bonds is 5. The Morgan fingerprint density at radius 3 is 2.81 bits per heavy atom. The molecule has 1 aromatic heterocycles. The topological polar surface area (TPSA) is 54.5 Å². The molecule has 2 aromatic carbocycles. The Labute approximate surface area is 159 Å². The van der Waals surface area contributed by atoms with Crippen LogP contribution in [0.15, 0.2) is 54.7 Å². The van der Waals surface area contributed by atoms with E-state index in [1.807, 2.05) is 61.3 Å². The number of terminal acetylenes is 1. The number of aryl methyl sites for hydroxylation is 1. The summed E-state index contributed by atoms with van der Waals surface area (Å²) in [6, 6.07) is 15.1. The summed E-state index contributed by atoms with van der Waals surface area (Å²) in [7, 11) is 1.96. The van der Waals surface area contributed by atoms with Crippen molar-refractivity contribution in [2.45, 2.75) is 13.5 Å². The Kier molecular flexibility index (Phi) is 5.70. The molecule has 0 unspecified atom stereocenters. The fourth-order valence-corrected chi connectivity index (χ4v) is 2.88. The Balaban J connectivity index is 1.84. The zero-order valence-corrected chi connectivity index (χ0v) is 15.4. The molecule has 0 radical (unpaired) electrons. The van der Waals surface area contributed by atoms with Crippen molar-refractivity contribution in [3.05, 3.63) is 65.9 Å². The first-order chi connectivity index (χ1) is 13.1. The van der Waals surface area contributed by atoms with Crippen LogP contribution in [0.3, 0.4) is 0 Å². The van der Waals surface area contributed by atoms with E-state index in [4.69, 9.17) is 11.2 Å². The van der Waals surface area contributed by atoms with Crippen LogP contribution in [0.5, 0.6) is 5.75 Å². The quantitative estimate of drug-likeness (QED) is 0.693. The van der Waals surface area contributed by atoms with Crippen molar-refractivity contribution in [1.29, 1.82) is 0 Å². The molecule has 3 aromatic rings. The van der Waals surface area contributed by atoms with Crippen molar-refractivity contribution < 1.29 is 9.53 Å². The summed E-state index contributed by atoms with van der Waals surface area (Å²) >= 11 is 0. The van der Waals surface area contributed by atoms with Gasteiger partial charge in [-0.1, -0.05) is 36.3 Å². The molecule has 0 aliphatic carbocycles. The van der Waals surface area contributed by atoms with Gasteiger partial charge in [-0.05, 0) is 43.3 Å². The minimum Gasteiger partial charge on any atom is -0.408 e. The van der Waals surface area contributed by atoms with E-state index in [2.05, 4.69) is 16.2 Å². The van der Waals surface area contributed by atoms with E-state index in [1.54, 1.807) is 12.3 Å². The number of nitrogens with zero attached hydrogens (tertiary/aromatic N) is 2. The second kappa shape index (κ2) is 8.35. The van der Waals surface area contributed by atoms with Crippen LogP contribution < -0.4 is 10.1 Å². The number of carbonyl (C=O) groups excluding carboxylic acids is 1. The highest BCUT2D eigenvalue weighted by atomic mass is 16.6. The zero-order valence-electron chi connectivity index (χ0n) is 15.4. The Morgan fingerprint density at radius 2 is 2.04 bits per heavy atom. The average molecular weight is 359 g/mol. The first-order valence-electron chi connectivity index (χ1n) is 8.61.